The van der Waals surface area contributed by atoms with Gasteiger partial charge < -0.3 is 9.73 Å². The summed E-state index contributed by atoms with van der Waals surface area (Å²) in [5.41, 5.74) is -0.165. The van der Waals surface area contributed by atoms with Crippen LogP contribution in [0.25, 0.3) is 0 Å². The number of nitrogens with one attached hydrogen (secondary N) is 1. The van der Waals surface area contributed by atoms with Crippen LogP contribution in [-0.2, 0) is 23.3 Å². The van der Waals surface area contributed by atoms with E-state index < -0.39 is 23.1 Å². The van der Waals surface area contributed by atoms with Crippen LogP contribution in [0.3, 0.4) is 0 Å². The minimum Gasteiger partial charge on any atom is -0.392 e. The van der Waals surface area contributed by atoms with Crippen LogP contribution in [0.5, 0.6) is 0 Å². The molecule has 2 aromatic carbocycles. The minimum atomic E-state index is -1.63. The van der Waals surface area contributed by atoms with Gasteiger partial charge in [-0.1, -0.05) is 62.4 Å². The minimum absolute atomic E-state index is 0.00339. The summed E-state index contributed by atoms with van der Waals surface area (Å²) >= 11 is 0. The van der Waals surface area contributed by atoms with Crippen LogP contribution in [0.1, 0.15) is 49.0 Å². The first-order valence-corrected chi connectivity index (χ1v) is 10.3. The van der Waals surface area contributed by atoms with E-state index in [1.54, 1.807) is 30.3 Å². The molecule has 162 valence electrons. The Labute approximate surface area is 181 Å². The van der Waals surface area contributed by atoms with Gasteiger partial charge in [0.2, 0.25) is 5.89 Å². The molecule has 7 heteroatoms. The molecule has 0 aliphatic rings. The van der Waals surface area contributed by atoms with Gasteiger partial charge in [0.1, 0.15) is 0 Å². The molecule has 7 nitrogen and oxygen atoms in total. The summed E-state index contributed by atoms with van der Waals surface area (Å²) in [6.45, 7) is 5.17. The lowest BCUT2D eigenvalue weighted by Crippen LogP contribution is -2.59. The van der Waals surface area contributed by atoms with Crippen molar-refractivity contribution in [3.05, 3.63) is 88.2 Å². The Morgan fingerprint density at radius 2 is 1.65 bits per heavy atom. The number of carbonyl (C=O) groups excluding carboxylic acids is 2. The van der Waals surface area contributed by atoms with Gasteiger partial charge in [-0.15, -0.1) is 5.10 Å². The van der Waals surface area contributed by atoms with Crippen molar-refractivity contribution in [2.24, 2.45) is 5.92 Å². The summed E-state index contributed by atoms with van der Waals surface area (Å²) in [6, 6.07) is 18.3. The van der Waals surface area contributed by atoms with E-state index in [9.17, 15) is 14.4 Å². The molecular formula is C24H27N3O4. The molecule has 1 N–H and O–H groups in total. The zero-order valence-corrected chi connectivity index (χ0v) is 18.0. The lowest BCUT2D eigenvalue weighted by Gasteiger charge is -2.32. The average Bonchev–Trinajstić information content (AvgIpc) is 3.13. The highest BCUT2D eigenvalue weighted by atomic mass is 16.4. The van der Waals surface area contributed by atoms with Gasteiger partial charge in [-0.2, -0.15) is 4.68 Å². The third kappa shape index (κ3) is 5.17. The van der Waals surface area contributed by atoms with E-state index >= 15 is 0 Å². The number of amides is 1. The molecule has 0 bridgehead atoms. The van der Waals surface area contributed by atoms with E-state index in [2.05, 4.69) is 10.4 Å². The fourth-order valence-electron chi connectivity index (χ4n) is 3.57. The Hall–Kier alpha value is -3.48. The van der Waals surface area contributed by atoms with E-state index in [0.29, 0.717) is 18.4 Å². The Balaban J connectivity index is 1.95. The zero-order chi connectivity index (χ0) is 22.4. The maximum atomic E-state index is 12.9. The molecule has 3 rings (SSSR count). The highest BCUT2D eigenvalue weighted by Gasteiger charge is 2.43. The van der Waals surface area contributed by atoms with Crippen molar-refractivity contribution < 1.29 is 14.0 Å². The van der Waals surface area contributed by atoms with Crippen molar-refractivity contribution in [1.82, 2.24) is 15.1 Å². The second-order valence-corrected chi connectivity index (χ2v) is 7.99. The van der Waals surface area contributed by atoms with Crippen molar-refractivity contribution in [3.8, 4) is 0 Å². The predicted molar refractivity (Wildman–Crippen MR) is 117 cm³/mol. The van der Waals surface area contributed by atoms with Gasteiger partial charge in [-0.3, -0.25) is 9.59 Å². The van der Waals surface area contributed by atoms with E-state index in [0.717, 1.165) is 10.2 Å². The van der Waals surface area contributed by atoms with Crippen molar-refractivity contribution in [2.75, 3.05) is 0 Å². The van der Waals surface area contributed by atoms with Gasteiger partial charge in [0.15, 0.2) is 11.4 Å². The van der Waals surface area contributed by atoms with Crippen LogP contribution in [0.15, 0.2) is 69.9 Å². The average molecular weight is 421 g/mol. The van der Waals surface area contributed by atoms with Gasteiger partial charge >= 0.3 is 5.76 Å². The first-order valence-electron chi connectivity index (χ1n) is 10.3. The molecule has 0 aliphatic carbocycles. The van der Waals surface area contributed by atoms with Crippen LogP contribution in [0.2, 0.25) is 0 Å². The molecule has 31 heavy (non-hydrogen) atoms. The molecule has 0 fully saturated rings. The number of carbonyl (C=O) groups is 2. The molecule has 0 radical (unpaired) electrons. The third-order valence-electron chi connectivity index (χ3n) is 5.06. The molecule has 0 saturated carbocycles. The molecule has 0 aliphatic heterocycles. The number of hydrogen-bond acceptors (Lipinski definition) is 5. The van der Waals surface area contributed by atoms with Crippen molar-refractivity contribution in [3.63, 3.8) is 0 Å². The fraction of sp³-hybridized carbons (Fsp3) is 0.333. The number of nitrogens with zero attached hydrogens (tertiary/aromatic N) is 2. The zero-order valence-electron chi connectivity index (χ0n) is 18.0. The number of benzene rings is 2. The molecule has 0 spiro atoms. The Kier molecular flexibility index (Phi) is 6.84. The van der Waals surface area contributed by atoms with Gasteiger partial charge in [0, 0.05) is 18.4 Å². The highest BCUT2D eigenvalue weighted by molar-refractivity contribution is 5.98. The molecule has 1 atom stereocenters. The lowest BCUT2D eigenvalue weighted by atomic mass is 9.93. The quantitative estimate of drug-likeness (QED) is 0.572. The smallest absolute Gasteiger partial charge is 0.392 e. The van der Waals surface area contributed by atoms with E-state index in [1.165, 1.54) is 6.92 Å². The number of hydrogen-bond donors (Lipinski definition) is 1. The Bertz CT molecular complexity index is 1090. The van der Waals surface area contributed by atoms with Gasteiger partial charge in [-0.05, 0) is 37.0 Å². The van der Waals surface area contributed by atoms with Crippen LogP contribution >= 0.6 is 0 Å². The second-order valence-electron chi connectivity index (χ2n) is 7.99. The number of aryl methyl sites for hydroxylation is 2. The number of aromatic nitrogens is 2. The Morgan fingerprint density at radius 3 is 2.23 bits per heavy atom. The van der Waals surface area contributed by atoms with Crippen molar-refractivity contribution >= 4 is 11.7 Å². The largest absolute Gasteiger partial charge is 0.439 e. The standard InChI is InChI=1S/C24H27N3O4/c1-17(2)16-24(18(3)28,25-22(29)20-12-8-5-9-13-20)27-23(30)31-21(26-27)15-14-19-10-6-4-7-11-19/h4-13,17H,14-16H2,1-3H3,(H,25,29). The third-order valence-corrected chi connectivity index (χ3v) is 5.06. The maximum Gasteiger partial charge on any atom is 0.439 e. The summed E-state index contributed by atoms with van der Waals surface area (Å²) in [5, 5.41) is 7.09. The first kappa shape index (κ1) is 22.2. The maximum absolute atomic E-state index is 12.9. The monoisotopic (exact) mass is 421 g/mol. The highest BCUT2D eigenvalue weighted by Crippen LogP contribution is 2.23. The topological polar surface area (TPSA) is 94.2 Å². The SMILES string of the molecule is CC(=O)C(CC(C)C)(NC(=O)c1ccccc1)n1nc(CCc2ccccc2)oc1=O. The molecule has 1 aromatic heterocycles. The normalized spacial score (nSPS) is 13.0. The predicted octanol–water partition coefficient (Wildman–Crippen LogP) is 3.34. The molecular weight excluding hydrogens is 394 g/mol. The van der Waals surface area contributed by atoms with Crippen LogP contribution in [0.4, 0.5) is 0 Å². The number of ketones is 1. The summed E-state index contributed by atoms with van der Waals surface area (Å²) in [7, 11) is 0. The molecule has 1 heterocycles. The van der Waals surface area contributed by atoms with Gasteiger partial charge in [0.25, 0.3) is 5.91 Å². The van der Waals surface area contributed by atoms with Crippen LogP contribution in [0, 0.1) is 5.92 Å². The number of rotatable bonds is 9. The summed E-state index contributed by atoms with van der Waals surface area (Å²) in [4.78, 5) is 38.5. The van der Waals surface area contributed by atoms with E-state index in [-0.39, 0.29) is 18.2 Å². The van der Waals surface area contributed by atoms with Crippen LogP contribution < -0.4 is 11.1 Å². The lowest BCUT2D eigenvalue weighted by molar-refractivity contribution is -0.128. The Morgan fingerprint density at radius 1 is 1.03 bits per heavy atom. The summed E-state index contributed by atoms with van der Waals surface area (Å²) in [6.07, 6.45) is 1.23. The fourth-order valence-corrected chi connectivity index (χ4v) is 3.57. The van der Waals surface area contributed by atoms with Crippen LogP contribution in [-0.4, -0.2) is 21.5 Å². The van der Waals surface area contributed by atoms with Crippen molar-refractivity contribution in [2.45, 2.75) is 45.7 Å². The molecule has 0 saturated heterocycles. The summed E-state index contributed by atoms with van der Waals surface area (Å²) < 4.78 is 6.35. The van der Waals surface area contributed by atoms with E-state index in [4.69, 9.17) is 4.42 Å². The van der Waals surface area contributed by atoms with Crippen molar-refractivity contribution in [1.29, 1.82) is 0 Å². The second kappa shape index (κ2) is 9.55. The number of Topliss-reactive ketones (excluding diaryl/α,β-unsaturated/α-hetero) is 1. The summed E-state index contributed by atoms with van der Waals surface area (Å²) in [5.74, 6) is -1.41. The molecule has 1 amide bonds. The van der Waals surface area contributed by atoms with E-state index in [1.807, 2.05) is 44.2 Å². The first-order chi connectivity index (χ1) is 14.8. The van der Waals surface area contributed by atoms with Gasteiger partial charge in [-0.25, -0.2) is 4.79 Å². The van der Waals surface area contributed by atoms with Gasteiger partial charge in [0.05, 0.1) is 0 Å². The molecule has 1 unspecified atom stereocenters. The molecule has 3 aromatic rings.